The molecular weight excluding hydrogens is 394 g/mol. The molecule has 0 amide bonds. The minimum atomic E-state index is -0.552. The third-order valence-corrected chi connectivity index (χ3v) is 6.28. The van der Waals surface area contributed by atoms with Crippen molar-refractivity contribution in [2.45, 2.75) is 33.0 Å². The Bertz CT molecular complexity index is 1350. The van der Waals surface area contributed by atoms with Crippen molar-refractivity contribution in [3.8, 4) is 22.5 Å². The monoisotopic (exact) mass is 421 g/mol. The van der Waals surface area contributed by atoms with Gasteiger partial charge < -0.3 is 14.2 Å². The molecule has 0 aliphatic rings. The van der Waals surface area contributed by atoms with Gasteiger partial charge in [-0.3, -0.25) is 0 Å². The second-order valence-corrected chi connectivity index (χ2v) is 8.32. The van der Waals surface area contributed by atoms with Crippen LogP contribution in [0.15, 0.2) is 91.3 Å². The molecule has 1 atom stereocenters. The van der Waals surface area contributed by atoms with E-state index in [0.29, 0.717) is 13.1 Å². The molecule has 0 spiro atoms. The van der Waals surface area contributed by atoms with Gasteiger partial charge in [0.2, 0.25) is 0 Å². The number of aliphatic hydroxyl groups excluding tert-OH is 1. The standard InChI is InChI=1S/C28H27N3O/c1-20-21(2)31(26-16-10-9-15-25(20)26)18-24(32)17-30-19-29-27(22-11-5-3-6-12-22)28(30)23-13-7-4-8-14-23/h3-16,19,24,32H,17-18H2,1-2H3/t24-/m0/s1. The fourth-order valence-electron chi connectivity index (χ4n) is 4.56. The average molecular weight is 422 g/mol. The van der Waals surface area contributed by atoms with E-state index in [1.165, 1.54) is 22.2 Å². The van der Waals surface area contributed by atoms with E-state index in [0.717, 1.165) is 22.5 Å². The number of aliphatic hydroxyl groups is 1. The maximum Gasteiger partial charge on any atom is 0.0963 e. The minimum Gasteiger partial charge on any atom is -0.389 e. The first-order chi connectivity index (χ1) is 15.6. The third-order valence-electron chi connectivity index (χ3n) is 6.28. The highest BCUT2D eigenvalue weighted by Crippen LogP contribution is 2.31. The highest BCUT2D eigenvalue weighted by Gasteiger charge is 2.19. The van der Waals surface area contributed by atoms with Gasteiger partial charge in [-0.2, -0.15) is 0 Å². The molecule has 3 aromatic carbocycles. The highest BCUT2D eigenvalue weighted by molar-refractivity contribution is 5.85. The average Bonchev–Trinajstić information content (AvgIpc) is 3.35. The van der Waals surface area contributed by atoms with E-state index in [-0.39, 0.29) is 0 Å². The Morgan fingerprint density at radius 1 is 0.781 bits per heavy atom. The lowest BCUT2D eigenvalue weighted by atomic mass is 10.0. The largest absolute Gasteiger partial charge is 0.389 e. The maximum absolute atomic E-state index is 11.1. The Morgan fingerprint density at radius 2 is 1.41 bits per heavy atom. The number of rotatable bonds is 6. The Kier molecular flexibility index (Phi) is 5.38. The summed E-state index contributed by atoms with van der Waals surface area (Å²) in [5, 5.41) is 12.4. The van der Waals surface area contributed by atoms with E-state index in [1.54, 1.807) is 0 Å². The molecule has 4 nitrogen and oxygen atoms in total. The fourth-order valence-corrected chi connectivity index (χ4v) is 4.56. The lowest BCUT2D eigenvalue weighted by Gasteiger charge is -2.17. The van der Waals surface area contributed by atoms with Crippen molar-refractivity contribution >= 4 is 10.9 Å². The first-order valence-corrected chi connectivity index (χ1v) is 11.0. The molecule has 160 valence electrons. The van der Waals surface area contributed by atoms with Crippen LogP contribution in [0, 0.1) is 13.8 Å². The molecule has 0 radical (unpaired) electrons. The number of aryl methyl sites for hydroxylation is 1. The minimum absolute atomic E-state index is 0.467. The normalized spacial score (nSPS) is 12.3. The zero-order chi connectivity index (χ0) is 22.1. The topological polar surface area (TPSA) is 43.0 Å². The summed E-state index contributed by atoms with van der Waals surface area (Å²) in [5.41, 5.74) is 7.76. The molecular formula is C28H27N3O. The molecule has 0 aliphatic carbocycles. The van der Waals surface area contributed by atoms with Gasteiger partial charge in [-0.15, -0.1) is 0 Å². The summed E-state index contributed by atoms with van der Waals surface area (Å²) in [7, 11) is 0. The zero-order valence-electron chi connectivity index (χ0n) is 18.4. The number of aromatic nitrogens is 3. The van der Waals surface area contributed by atoms with Gasteiger partial charge >= 0.3 is 0 Å². The number of hydrogen-bond donors (Lipinski definition) is 1. The van der Waals surface area contributed by atoms with E-state index >= 15 is 0 Å². The van der Waals surface area contributed by atoms with E-state index in [1.807, 2.05) is 42.7 Å². The number of hydrogen-bond acceptors (Lipinski definition) is 2. The van der Waals surface area contributed by atoms with Crippen LogP contribution in [0.1, 0.15) is 11.3 Å². The lowest BCUT2D eigenvalue weighted by Crippen LogP contribution is -2.23. The van der Waals surface area contributed by atoms with Crippen molar-refractivity contribution in [1.82, 2.24) is 14.1 Å². The summed E-state index contributed by atoms with van der Waals surface area (Å²) in [6, 6.07) is 28.9. The molecule has 2 aromatic heterocycles. The number of benzene rings is 3. The van der Waals surface area contributed by atoms with Crippen molar-refractivity contribution in [2.24, 2.45) is 0 Å². The summed E-state index contributed by atoms with van der Waals surface area (Å²) < 4.78 is 4.31. The maximum atomic E-state index is 11.1. The Hall–Kier alpha value is -3.63. The van der Waals surface area contributed by atoms with Crippen LogP contribution in [-0.2, 0) is 13.1 Å². The van der Waals surface area contributed by atoms with E-state index in [9.17, 15) is 5.11 Å². The molecule has 2 heterocycles. The fraction of sp³-hybridized carbons (Fsp3) is 0.179. The quantitative estimate of drug-likeness (QED) is 0.374. The Labute approximate surface area is 188 Å². The van der Waals surface area contributed by atoms with Crippen LogP contribution in [-0.4, -0.2) is 25.3 Å². The van der Waals surface area contributed by atoms with Crippen LogP contribution >= 0.6 is 0 Å². The van der Waals surface area contributed by atoms with Gasteiger partial charge in [0.25, 0.3) is 0 Å². The SMILES string of the molecule is Cc1c(C)n(C[C@@H](O)Cn2cnc(-c3ccccc3)c2-c2ccccc2)c2ccccc12. The predicted molar refractivity (Wildman–Crippen MR) is 131 cm³/mol. The number of para-hydroxylation sites is 1. The van der Waals surface area contributed by atoms with Crippen LogP contribution in [0.25, 0.3) is 33.4 Å². The van der Waals surface area contributed by atoms with Crippen molar-refractivity contribution in [2.75, 3.05) is 0 Å². The molecule has 32 heavy (non-hydrogen) atoms. The third kappa shape index (κ3) is 3.63. The van der Waals surface area contributed by atoms with E-state index in [2.05, 4.69) is 71.5 Å². The highest BCUT2D eigenvalue weighted by atomic mass is 16.3. The summed E-state index contributed by atoms with van der Waals surface area (Å²) in [5.74, 6) is 0. The molecule has 0 fully saturated rings. The van der Waals surface area contributed by atoms with E-state index < -0.39 is 6.10 Å². The first kappa shape index (κ1) is 20.3. The molecule has 4 heteroatoms. The second kappa shape index (κ2) is 8.48. The first-order valence-electron chi connectivity index (χ1n) is 11.0. The van der Waals surface area contributed by atoms with Gasteiger partial charge in [0.05, 0.1) is 36.9 Å². The Morgan fingerprint density at radius 3 is 2.12 bits per heavy atom. The van der Waals surface area contributed by atoms with Gasteiger partial charge in [-0.05, 0) is 25.5 Å². The van der Waals surface area contributed by atoms with Crippen molar-refractivity contribution in [3.05, 3.63) is 103 Å². The summed E-state index contributed by atoms with van der Waals surface area (Å²) in [4.78, 5) is 4.74. The van der Waals surface area contributed by atoms with Crippen LogP contribution in [0.3, 0.4) is 0 Å². The van der Waals surface area contributed by atoms with Crippen LogP contribution in [0.5, 0.6) is 0 Å². The molecule has 0 saturated heterocycles. The molecule has 0 saturated carbocycles. The van der Waals surface area contributed by atoms with Gasteiger partial charge in [-0.25, -0.2) is 4.98 Å². The molecule has 0 bridgehead atoms. The van der Waals surface area contributed by atoms with Gasteiger partial charge in [0.1, 0.15) is 0 Å². The number of fused-ring (bicyclic) bond motifs is 1. The van der Waals surface area contributed by atoms with E-state index in [4.69, 9.17) is 4.98 Å². The molecule has 5 aromatic rings. The second-order valence-electron chi connectivity index (χ2n) is 8.32. The molecule has 1 N–H and O–H groups in total. The van der Waals surface area contributed by atoms with Crippen LogP contribution in [0.4, 0.5) is 0 Å². The van der Waals surface area contributed by atoms with Gasteiger partial charge in [0.15, 0.2) is 0 Å². The van der Waals surface area contributed by atoms with Crippen LogP contribution < -0.4 is 0 Å². The number of imidazole rings is 1. The Balaban J connectivity index is 1.50. The van der Waals surface area contributed by atoms with Crippen molar-refractivity contribution in [3.63, 3.8) is 0 Å². The van der Waals surface area contributed by atoms with Gasteiger partial charge in [-0.1, -0.05) is 78.9 Å². The molecule has 0 aliphatic heterocycles. The lowest BCUT2D eigenvalue weighted by molar-refractivity contribution is 0.135. The number of nitrogens with zero attached hydrogens (tertiary/aromatic N) is 3. The summed E-state index contributed by atoms with van der Waals surface area (Å²) >= 11 is 0. The summed E-state index contributed by atoms with van der Waals surface area (Å²) in [6.45, 7) is 5.28. The zero-order valence-corrected chi connectivity index (χ0v) is 18.4. The smallest absolute Gasteiger partial charge is 0.0963 e. The van der Waals surface area contributed by atoms with Gasteiger partial charge in [0, 0.05) is 27.7 Å². The van der Waals surface area contributed by atoms with Crippen molar-refractivity contribution < 1.29 is 5.11 Å². The van der Waals surface area contributed by atoms with Crippen molar-refractivity contribution in [1.29, 1.82) is 0 Å². The molecule has 0 unspecified atom stereocenters. The summed E-state index contributed by atoms with van der Waals surface area (Å²) in [6.07, 6.45) is 1.30. The van der Waals surface area contributed by atoms with Crippen LogP contribution in [0.2, 0.25) is 0 Å². The molecule has 5 rings (SSSR count). The predicted octanol–water partition coefficient (Wildman–Crippen LogP) is 5.85.